The average Bonchev–Trinajstić information content (AvgIpc) is 2.77. The van der Waals surface area contributed by atoms with Gasteiger partial charge in [0.1, 0.15) is 5.82 Å². The summed E-state index contributed by atoms with van der Waals surface area (Å²) in [6.45, 7) is 2.40. The number of hydrogen-bond donors (Lipinski definition) is 4. The SMILES string of the molecule is CCOc1nccc2cc(Nc3nc(N[C@@H]4CCCC[C@@H]4N)c(F)cc3C(N)=O)ccc12. The maximum atomic E-state index is 14.7. The molecule has 8 nitrogen and oxygen atoms in total. The van der Waals surface area contributed by atoms with Gasteiger partial charge in [-0.15, -0.1) is 0 Å². The van der Waals surface area contributed by atoms with E-state index in [0.717, 1.165) is 42.5 Å². The van der Waals surface area contributed by atoms with Crippen LogP contribution in [0, 0.1) is 5.82 Å². The minimum absolute atomic E-state index is 0.0363. The van der Waals surface area contributed by atoms with Crippen LogP contribution in [0.1, 0.15) is 43.0 Å². The Balaban J connectivity index is 1.66. The number of pyridine rings is 2. The molecule has 1 saturated carbocycles. The molecule has 2 aromatic heterocycles. The molecule has 0 radical (unpaired) electrons. The smallest absolute Gasteiger partial charge is 0.252 e. The number of carbonyl (C=O) groups excluding carboxylic acids is 1. The summed E-state index contributed by atoms with van der Waals surface area (Å²) in [6, 6.07) is 8.35. The molecule has 168 valence electrons. The molecule has 3 aromatic rings. The van der Waals surface area contributed by atoms with Crippen LogP contribution in [0.2, 0.25) is 0 Å². The Labute approximate surface area is 185 Å². The minimum atomic E-state index is -0.775. The van der Waals surface area contributed by atoms with Crippen LogP contribution in [0.4, 0.5) is 21.7 Å². The van der Waals surface area contributed by atoms with E-state index in [-0.39, 0.29) is 29.3 Å². The van der Waals surface area contributed by atoms with Crippen molar-refractivity contribution in [3.63, 3.8) is 0 Å². The summed E-state index contributed by atoms with van der Waals surface area (Å²) in [5.74, 6) is -0.659. The van der Waals surface area contributed by atoms with Crippen LogP contribution in [0.25, 0.3) is 10.8 Å². The zero-order valence-corrected chi connectivity index (χ0v) is 17.9. The van der Waals surface area contributed by atoms with Crippen LogP contribution in [0.5, 0.6) is 5.88 Å². The number of carbonyl (C=O) groups is 1. The standard InChI is InChI=1S/C23H27FN6O2/c1-2-32-23-15-8-7-14(11-13(15)9-10-27-23)28-21-16(20(26)31)12-17(24)22(30-21)29-19-6-4-3-5-18(19)25/h7-12,18-19H,2-6,25H2,1H3,(H2,26,31)(H2,28,29,30)/t18-,19+/m0/s1. The number of rotatable bonds is 7. The largest absolute Gasteiger partial charge is 0.478 e. The maximum absolute atomic E-state index is 14.7. The summed E-state index contributed by atoms with van der Waals surface area (Å²) in [7, 11) is 0. The summed E-state index contributed by atoms with van der Waals surface area (Å²) >= 11 is 0. The molecule has 1 aromatic carbocycles. The number of aromatic nitrogens is 2. The number of nitrogens with one attached hydrogen (secondary N) is 2. The molecule has 1 amide bonds. The van der Waals surface area contributed by atoms with Crippen molar-refractivity contribution < 1.29 is 13.9 Å². The summed E-state index contributed by atoms with van der Waals surface area (Å²) in [5, 5.41) is 7.97. The van der Waals surface area contributed by atoms with Gasteiger partial charge in [-0.25, -0.2) is 14.4 Å². The first-order valence-electron chi connectivity index (χ1n) is 10.8. The summed E-state index contributed by atoms with van der Waals surface area (Å²) < 4.78 is 20.3. The number of halogens is 1. The minimum Gasteiger partial charge on any atom is -0.478 e. The highest BCUT2D eigenvalue weighted by molar-refractivity contribution is 5.99. The van der Waals surface area contributed by atoms with E-state index in [2.05, 4.69) is 20.6 Å². The summed E-state index contributed by atoms with van der Waals surface area (Å²) in [5.41, 5.74) is 12.3. The second-order valence-electron chi connectivity index (χ2n) is 7.89. The molecule has 0 aliphatic heterocycles. The lowest BCUT2D eigenvalue weighted by Crippen LogP contribution is -2.43. The summed E-state index contributed by atoms with van der Waals surface area (Å²) in [6.07, 6.45) is 5.46. The predicted octanol–water partition coefficient (Wildman–Crippen LogP) is 3.69. The molecule has 0 spiro atoms. The van der Waals surface area contributed by atoms with Crippen LogP contribution in [0.3, 0.4) is 0 Å². The fourth-order valence-electron chi connectivity index (χ4n) is 4.00. The summed E-state index contributed by atoms with van der Waals surface area (Å²) in [4.78, 5) is 20.6. The van der Waals surface area contributed by atoms with Crippen molar-refractivity contribution in [2.45, 2.75) is 44.7 Å². The van der Waals surface area contributed by atoms with Crippen LogP contribution >= 0.6 is 0 Å². The molecule has 4 rings (SSSR count). The first-order chi connectivity index (χ1) is 15.5. The molecule has 0 saturated heterocycles. The second kappa shape index (κ2) is 9.35. The van der Waals surface area contributed by atoms with Gasteiger partial charge >= 0.3 is 0 Å². The quantitative estimate of drug-likeness (QED) is 0.443. The van der Waals surface area contributed by atoms with Gasteiger partial charge in [-0.3, -0.25) is 4.79 Å². The third kappa shape index (κ3) is 4.57. The molecule has 0 unspecified atom stereocenters. The van der Waals surface area contributed by atoms with Crippen molar-refractivity contribution in [2.75, 3.05) is 17.2 Å². The molecule has 32 heavy (non-hydrogen) atoms. The average molecular weight is 439 g/mol. The Kier molecular flexibility index (Phi) is 6.36. The highest BCUT2D eigenvalue weighted by atomic mass is 19.1. The van der Waals surface area contributed by atoms with Gasteiger partial charge in [0.15, 0.2) is 11.6 Å². The van der Waals surface area contributed by atoms with E-state index in [1.165, 1.54) is 0 Å². The Morgan fingerprint density at radius 2 is 2.03 bits per heavy atom. The van der Waals surface area contributed by atoms with E-state index in [1.54, 1.807) is 6.20 Å². The van der Waals surface area contributed by atoms with Crippen molar-refractivity contribution in [3.05, 3.63) is 47.9 Å². The van der Waals surface area contributed by atoms with Gasteiger partial charge in [-0.05, 0) is 55.5 Å². The molecule has 2 heterocycles. The number of amides is 1. The zero-order chi connectivity index (χ0) is 22.7. The number of ether oxygens (including phenoxy) is 1. The molecule has 0 bridgehead atoms. The lowest BCUT2D eigenvalue weighted by molar-refractivity contribution is 0.100. The Morgan fingerprint density at radius 1 is 1.22 bits per heavy atom. The van der Waals surface area contributed by atoms with Gasteiger partial charge in [0, 0.05) is 29.4 Å². The van der Waals surface area contributed by atoms with Gasteiger partial charge in [-0.1, -0.05) is 12.8 Å². The normalized spacial score (nSPS) is 18.3. The van der Waals surface area contributed by atoms with Crippen molar-refractivity contribution in [3.8, 4) is 5.88 Å². The molecule has 1 aliphatic rings. The number of anilines is 3. The number of nitrogens with two attached hydrogens (primary N) is 2. The third-order valence-corrected chi connectivity index (χ3v) is 5.65. The fraction of sp³-hybridized carbons (Fsp3) is 0.348. The van der Waals surface area contributed by atoms with E-state index in [0.29, 0.717) is 18.2 Å². The molecule has 9 heteroatoms. The second-order valence-corrected chi connectivity index (χ2v) is 7.89. The van der Waals surface area contributed by atoms with E-state index >= 15 is 0 Å². The molecular formula is C23H27FN6O2. The van der Waals surface area contributed by atoms with Gasteiger partial charge in [-0.2, -0.15) is 0 Å². The van der Waals surface area contributed by atoms with E-state index in [9.17, 15) is 9.18 Å². The molecule has 1 fully saturated rings. The van der Waals surface area contributed by atoms with Crippen molar-refractivity contribution in [1.82, 2.24) is 9.97 Å². The van der Waals surface area contributed by atoms with Crippen LogP contribution < -0.4 is 26.8 Å². The monoisotopic (exact) mass is 438 g/mol. The first kappa shape index (κ1) is 21.8. The topological polar surface area (TPSA) is 128 Å². The number of benzene rings is 1. The molecule has 6 N–H and O–H groups in total. The first-order valence-corrected chi connectivity index (χ1v) is 10.8. The van der Waals surface area contributed by atoms with Gasteiger partial charge in [0.25, 0.3) is 5.91 Å². The van der Waals surface area contributed by atoms with Crippen LogP contribution in [-0.2, 0) is 0 Å². The van der Waals surface area contributed by atoms with Gasteiger partial charge < -0.3 is 26.8 Å². The van der Waals surface area contributed by atoms with Crippen molar-refractivity contribution in [1.29, 1.82) is 0 Å². The number of primary amides is 1. The number of fused-ring (bicyclic) bond motifs is 1. The highest BCUT2D eigenvalue weighted by Crippen LogP contribution is 2.30. The number of hydrogen-bond acceptors (Lipinski definition) is 7. The third-order valence-electron chi connectivity index (χ3n) is 5.65. The number of nitrogens with zero attached hydrogens (tertiary/aromatic N) is 2. The molecular weight excluding hydrogens is 411 g/mol. The van der Waals surface area contributed by atoms with Gasteiger partial charge in [0.05, 0.1) is 12.2 Å². The Morgan fingerprint density at radius 3 is 2.78 bits per heavy atom. The van der Waals surface area contributed by atoms with E-state index < -0.39 is 11.7 Å². The Bertz CT molecular complexity index is 1140. The highest BCUT2D eigenvalue weighted by Gasteiger charge is 2.24. The predicted molar refractivity (Wildman–Crippen MR) is 123 cm³/mol. The van der Waals surface area contributed by atoms with Crippen LogP contribution in [0.15, 0.2) is 36.5 Å². The lowest BCUT2D eigenvalue weighted by Gasteiger charge is -2.30. The van der Waals surface area contributed by atoms with Crippen molar-refractivity contribution in [2.24, 2.45) is 11.5 Å². The van der Waals surface area contributed by atoms with Gasteiger partial charge in [0.2, 0.25) is 5.88 Å². The fourth-order valence-corrected chi connectivity index (χ4v) is 4.00. The van der Waals surface area contributed by atoms with E-state index in [4.69, 9.17) is 16.2 Å². The Hall–Kier alpha value is -3.46. The lowest BCUT2D eigenvalue weighted by atomic mass is 9.91. The molecule has 1 aliphatic carbocycles. The maximum Gasteiger partial charge on any atom is 0.252 e. The molecule has 2 atom stereocenters. The zero-order valence-electron chi connectivity index (χ0n) is 17.9. The van der Waals surface area contributed by atoms with Crippen LogP contribution in [-0.4, -0.2) is 34.6 Å². The van der Waals surface area contributed by atoms with E-state index in [1.807, 2.05) is 31.2 Å². The van der Waals surface area contributed by atoms with Crippen molar-refractivity contribution >= 4 is 34.0 Å².